The van der Waals surface area contributed by atoms with Gasteiger partial charge in [-0.15, -0.1) is 0 Å². The Morgan fingerprint density at radius 1 is 1.29 bits per heavy atom. The Morgan fingerprint density at radius 2 is 2.18 bits per heavy atom. The minimum atomic E-state index is -0.230. The molecule has 1 aromatic rings. The van der Waals surface area contributed by atoms with Crippen molar-refractivity contribution in [2.45, 2.75) is 31.6 Å². The van der Waals surface area contributed by atoms with Crippen LogP contribution in [0.25, 0.3) is 0 Å². The molecule has 0 saturated carbocycles. The molecule has 0 spiro atoms. The average molecular weight is 247 g/mol. The van der Waals surface area contributed by atoms with E-state index in [0.717, 1.165) is 37.1 Å². The van der Waals surface area contributed by atoms with Crippen LogP contribution >= 0.6 is 11.6 Å². The van der Waals surface area contributed by atoms with Gasteiger partial charge in [-0.1, -0.05) is 30.2 Å². The molecule has 3 heteroatoms. The maximum absolute atomic E-state index is 9.34. The van der Waals surface area contributed by atoms with E-state index >= 15 is 0 Å². The third kappa shape index (κ3) is 3.08. The molecule has 88 valence electrons. The second-order valence-electron chi connectivity index (χ2n) is 4.30. The smallest absolute Gasteiger partial charge is 0.109 e. The van der Waals surface area contributed by atoms with Crippen molar-refractivity contribution in [2.24, 2.45) is 4.99 Å². The molecular formula is C14H15ClN2. The molecule has 2 nitrogen and oxygen atoms in total. The highest BCUT2D eigenvalue weighted by molar-refractivity contribution is 6.30. The summed E-state index contributed by atoms with van der Waals surface area (Å²) >= 11 is 5.97. The molecule has 1 aliphatic rings. The molecule has 17 heavy (non-hydrogen) atoms. The molecule has 0 N–H and O–H groups in total. The molecule has 1 aromatic carbocycles. The second-order valence-corrected chi connectivity index (χ2v) is 4.74. The number of hydrogen-bond donors (Lipinski definition) is 0. The number of nitrogens with zero attached hydrogens (tertiary/aromatic N) is 2. The van der Waals surface area contributed by atoms with Crippen LogP contribution in [-0.4, -0.2) is 12.3 Å². The lowest BCUT2D eigenvalue weighted by Gasteiger charge is -2.12. The SMILES string of the molecule is N#CC(C1=NCCCCC1)c1cccc(Cl)c1. The van der Waals surface area contributed by atoms with Crippen molar-refractivity contribution in [1.82, 2.24) is 0 Å². The zero-order valence-electron chi connectivity index (χ0n) is 9.69. The zero-order chi connectivity index (χ0) is 12.1. The van der Waals surface area contributed by atoms with Crippen molar-refractivity contribution < 1.29 is 0 Å². The molecule has 0 aromatic heterocycles. The van der Waals surface area contributed by atoms with Gasteiger partial charge in [0.05, 0.1) is 6.07 Å². The molecule has 0 saturated heterocycles. The van der Waals surface area contributed by atoms with E-state index in [1.165, 1.54) is 6.42 Å². The highest BCUT2D eigenvalue weighted by Crippen LogP contribution is 2.24. The molecular weight excluding hydrogens is 232 g/mol. The summed E-state index contributed by atoms with van der Waals surface area (Å²) in [5, 5.41) is 10.0. The van der Waals surface area contributed by atoms with Crippen molar-refractivity contribution in [1.29, 1.82) is 5.26 Å². The lowest BCUT2D eigenvalue weighted by Crippen LogP contribution is -2.10. The number of benzene rings is 1. The third-order valence-electron chi connectivity index (χ3n) is 3.05. The van der Waals surface area contributed by atoms with E-state index in [0.29, 0.717) is 5.02 Å². The van der Waals surface area contributed by atoms with Crippen LogP contribution in [-0.2, 0) is 0 Å². The van der Waals surface area contributed by atoms with E-state index in [1.54, 1.807) is 0 Å². The molecule has 1 atom stereocenters. The minimum Gasteiger partial charge on any atom is -0.292 e. The van der Waals surface area contributed by atoms with Gasteiger partial charge in [0.1, 0.15) is 5.92 Å². The van der Waals surface area contributed by atoms with E-state index in [9.17, 15) is 5.26 Å². The van der Waals surface area contributed by atoms with Gasteiger partial charge >= 0.3 is 0 Å². The predicted molar refractivity (Wildman–Crippen MR) is 70.6 cm³/mol. The standard InChI is InChI=1S/C14H15ClN2/c15-12-6-4-5-11(9-12)13(10-16)14-7-2-1-3-8-17-14/h4-6,9,13H,1-3,7-8H2. The maximum Gasteiger partial charge on any atom is 0.109 e. The van der Waals surface area contributed by atoms with Gasteiger partial charge in [0, 0.05) is 17.3 Å². The zero-order valence-corrected chi connectivity index (χ0v) is 10.5. The van der Waals surface area contributed by atoms with E-state index in [-0.39, 0.29) is 5.92 Å². The molecule has 0 aliphatic carbocycles. The monoisotopic (exact) mass is 246 g/mol. The Balaban J connectivity index is 2.27. The first kappa shape index (κ1) is 12.1. The molecule has 0 fully saturated rings. The summed E-state index contributed by atoms with van der Waals surface area (Å²) in [7, 11) is 0. The van der Waals surface area contributed by atoms with Gasteiger partial charge < -0.3 is 0 Å². The Kier molecular flexibility index (Phi) is 4.17. The van der Waals surface area contributed by atoms with E-state index in [4.69, 9.17) is 11.6 Å². The fraction of sp³-hybridized carbons (Fsp3) is 0.429. The van der Waals surface area contributed by atoms with Crippen molar-refractivity contribution in [3.8, 4) is 6.07 Å². The van der Waals surface area contributed by atoms with Crippen LogP contribution in [0, 0.1) is 11.3 Å². The summed E-state index contributed by atoms with van der Waals surface area (Å²) in [6.07, 6.45) is 4.42. The van der Waals surface area contributed by atoms with Gasteiger partial charge in [-0.25, -0.2) is 0 Å². The first-order chi connectivity index (χ1) is 8.31. The summed E-state index contributed by atoms with van der Waals surface area (Å²) in [4.78, 5) is 4.55. The van der Waals surface area contributed by atoms with Crippen LogP contribution in [0.3, 0.4) is 0 Å². The predicted octanol–water partition coefficient (Wildman–Crippen LogP) is 3.96. The molecule has 1 aliphatic heterocycles. The molecule has 2 rings (SSSR count). The number of hydrogen-bond acceptors (Lipinski definition) is 2. The van der Waals surface area contributed by atoms with Gasteiger partial charge in [0.15, 0.2) is 0 Å². The van der Waals surface area contributed by atoms with Crippen molar-refractivity contribution in [3.63, 3.8) is 0 Å². The van der Waals surface area contributed by atoms with Gasteiger partial charge in [-0.05, 0) is 37.0 Å². The van der Waals surface area contributed by atoms with E-state index in [1.807, 2.05) is 24.3 Å². The van der Waals surface area contributed by atoms with Crippen LogP contribution in [0.5, 0.6) is 0 Å². The van der Waals surface area contributed by atoms with Crippen LogP contribution in [0.1, 0.15) is 37.2 Å². The molecule has 1 heterocycles. The second kappa shape index (κ2) is 5.84. The molecule has 0 radical (unpaired) electrons. The van der Waals surface area contributed by atoms with Crippen LogP contribution < -0.4 is 0 Å². The third-order valence-corrected chi connectivity index (χ3v) is 3.29. The quantitative estimate of drug-likeness (QED) is 0.778. The van der Waals surface area contributed by atoms with Crippen molar-refractivity contribution in [3.05, 3.63) is 34.9 Å². The lowest BCUT2D eigenvalue weighted by atomic mass is 9.92. The first-order valence-electron chi connectivity index (χ1n) is 5.99. The number of aliphatic imine (C=N–C) groups is 1. The Morgan fingerprint density at radius 3 is 2.94 bits per heavy atom. The van der Waals surface area contributed by atoms with Gasteiger partial charge in [0.25, 0.3) is 0 Å². The summed E-state index contributed by atoms with van der Waals surface area (Å²) in [5.41, 5.74) is 1.98. The minimum absolute atomic E-state index is 0.230. The van der Waals surface area contributed by atoms with E-state index < -0.39 is 0 Å². The number of nitriles is 1. The van der Waals surface area contributed by atoms with E-state index in [2.05, 4.69) is 11.1 Å². The first-order valence-corrected chi connectivity index (χ1v) is 6.37. The lowest BCUT2D eigenvalue weighted by molar-refractivity contribution is 0.730. The highest BCUT2D eigenvalue weighted by Gasteiger charge is 2.18. The summed E-state index contributed by atoms with van der Waals surface area (Å²) < 4.78 is 0. The van der Waals surface area contributed by atoms with Gasteiger partial charge in [-0.3, -0.25) is 4.99 Å². The average Bonchev–Trinajstić information content (AvgIpc) is 2.59. The highest BCUT2D eigenvalue weighted by atomic mass is 35.5. The van der Waals surface area contributed by atoms with Crippen LogP contribution in [0.4, 0.5) is 0 Å². The largest absolute Gasteiger partial charge is 0.292 e. The molecule has 0 bridgehead atoms. The Hall–Kier alpha value is -1.33. The Bertz CT molecular complexity index is 460. The van der Waals surface area contributed by atoms with Gasteiger partial charge in [0.2, 0.25) is 0 Å². The van der Waals surface area contributed by atoms with Crippen LogP contribution in [0.2, 0.25) is 5.02 Å². The number of halogens is 1. The molecule has 0 amide bonds. The molecule has 1 unspecified atom stereocenters. The normalized spacial score (nSPS) is 17.8. The maximum atomic E-state index is 9.34. The Labute approximate surface area is 107 Å². The van der Waals surface area contributed by atoms with Gasteiger partial charge in [-0.2, -0.15) is 5.26 Å². The van der Waals surface area contributed by atoms with Crippen molar-refractivity contribution in [2.75, 3.05) is 6.54 Å². The number of rotatable bonds is 2. The fourth-order valence-corrected chi connectivity index (χ4v) is 2.36. The fourth-order valence-electron chi connectivity index (χ4n) is 2.16. The summed E-state index contributed by atoms with van der Waals surface area (Å²) in [5.74, 6) is -0.230. The van der Waals surface area contributed by atoms with Crippen molar-refractivity contribution >= 4 is 17.3 Å². The van der Waals surface area contributed by atoms with Crippen LogP contribution in [0.15, 0.2) is 29.3 Å². The summed E-state index contributed by atoms with van der Waals surface area (Å²) in [6, 6.07) is 9.89. The summed E-state index contributed by atoms with van der Waals surface area (Å²) in [6.45, 7) is 0.855. The topological polar surface area (TPSA) is 36.1 Å².